The first-order chi connectivity index (χ1) is 15.3. The third kappa shape index (κ3) is 7.30. The Kier molecular flexibility index (Phi) is 8.16. The van der Waals surface area contributed by atoms with Crippen LogP contribution in [0.4, 0.5) is 0 Å². The summed E-state index contributed by atoms with van der Waals surface area (Å²) in [6.07, 6.45) is 2.47. The predicted octanol–water partition coefficient (Wildman–Crippen LogP) is 4.19. The van der Waals surface area contributed by atoms with E-state index in [1.54, 1.807) is 12.1 Å². The minimum Gasteiger partial charge on any atom is -0.390 e. The maximum absolute atomic E-state index is 10.5. The van der Waals surface area contributed by atoms with Gasteiger partial charge < -0.3 is 10.6 Å². The number of aryl methyl sites for hydroxylation is 1. The van der Waals surface area contributed by atoms with Gasteiger partial charge in [0, 0.05) is 18.9 Å². The zero-order chi connectivity index (χ0) is 23.0. The van der Waals surface area contributed by atoms with Crippen molar-refractivity contribution in [2.75, 3.05) is 0 Å². The number of benzene rings is 3. The molecule has 2 atom stereocenters. The van der Waals surface area contributed by atoms with Crippen molar-refractivity contribution in [3.05, 3.63) is 102 Å². The van der Waals surface area contributed by atoms with Crippen LogP contribution in [0.5, 0.6) is 0 Å². The SMILES string of the molecule is Cc1ccc(S(=O)(=O)O)cc1.N[C@@H](Cc1ccccc1)[C@@H]1CC(Cc2ccccc2)=NO1. The Labute approximate surface area is 189 Å². The van der Waals surface area contributed by atoms with Crippen molar-refractivity contribution >= 4 is 15.8 Å². The summed E-state index contributed by atoms with van der Waals surface area (Å²) in [5.74, 6) is 0. The first-order valence-corrected chi connectivity index (χ1v) is 11.8. The summed E-state index contributed by atoms with van der Waals surface area (Å²) in [6.45, 7) is 1.84. The number of hydrogen-bond acceptors (Lipinski definition) is 5. The van der Waals surface area contributed by atoms with Crippen molar-refractivity contribution in [2.24, 2.45) is 10.9 Å². The standard InChI is InChI=1S/C18H20N2O.C7H8O3S/c19-17(12-15-9-5-2-6-10-15)18-13-16(20-21-18)11-14-7-3-1-4-8-14;1-6-2-4-7(5-3-6)11(8,9)10/h1-10,17-18H,11-13,19H2;2-5H,1H3,(H,8,9,10)/t17-,18-;/m0./s1. The molecule has 168 valence electrons. The van der Waals surface area contributed by atoms with E-state index in [0.29, 0.717) is 0 Å². The molecule has 0 unspecified atom stereocenters. The predicted molar refractivity (Wildman–Crippen MR) is 126 cm³/mol. The van der Waals surface area contributed by atoms with Crippen LogP contribution in [0, 0.1) is 6.92 Å². The molecule has 0 radical (unpaired) electrons. The highest BCUT2D eigenvalue weighted by Gasteiger charge is 2.27. The Morgan fingerprint density at radius 3 is 2.09 bits per heavy atom. The molecule has 1 aliphatic heterocycles. The normalized spacial score (nSPS) is 16.3. The van der Waals surface area contributed by atoms with Crippen LogP contribution >= 0.6 is 0 Å². The molecule has 0 fully saturated rings. The zero-order valence-electron chi connectivity index (χ0n) is 18.0. The lowest BCUT2D eigenvalue weighted by atomic mass is 9.97. The largest absolute Gasteiger partial charge is 0.390 e. The van der Waals surface area contributed by atoms with Crippen LogP contribution in [-0.4, -0.2) is 30.8 Å². The van der Waals surface area contributed by atoms with Crippen molar-refractivity contribution < 1.29 is 17.8 Å². The van der Waals surface area contributed by atoms with Gasteiger partial charge in [0.15, 0.2) is 0 Å². The van der Waals surface area contributed by atoms with Crippen LogP contribution in [0.15, 0.2) is 95.0 Å². The molecule has 0 saturated carbocycles. The molecule has 0 aliphatic carbocycles. The first-order valence-electron chi connectivity index (χ1n) is 10.4. The molecule has 0 saturated heterocycles. The first kappa shape index (κ1) is 23.7. The molecule has 32 heavy (non-hydrogen) atoms. The third-order valence-corrected chi connectivity index (χ3v) is 5.98. The van der Waals surface area contributed by atoms with Crippen LogP contribution in [0.1, 0.15) is 23.1 Å². The van der Waals surface area contributed by atoms with E-state index < -0.39 is 10.1 Å². The van der Waals surface area contributed by atoms with Crippen molar-refractivity contribution in [3.8, 4) is 0 Å². The second kappa shape index (κ2) is 11.0. The quantitative estimate of drug-likeness (QED) is 0.546. The molecule has 3 aromatic rings. The highest BCUT2D eigenvalue weighted by molar-refractivity contribution is 7.85. The Bertz CT molecular complexity index is 1120. The second-order valence-electron chi connectivity index (χ2n) is 7.81. The Hall–Kier alpha value is -3.00. The monoisotopic (exact) mass is 452 g/mol. The molecule has 0 bridgehead atoms. The molecule has 0 aromatic heterocycles. The fraction of sp³-hybridized carbons (Fsp3) is 0.240. The number of rotatable bonds is 6. The molecule has 3 N–H and O–H groups in total. The molecule has 0 amide bonds. The number of nitrogens with zero attached hydrogens (tertiary/aromatic N) is 1. The van der Waals surface area contributed by atoms with E-state index in [1.807, 2.05) is 43.3 Å². The van der Waals surface area contributed by atoms with Crippen LogP contribution in [0.3, 0.4) is 0 Å². The summed E-state index contributed by atoms with van der Waals surface area (Å²) in [7, 11) is -4.02. The van der Waals surface area contributed by atoms with Gasteiger partial charge in [0.1, 0.15) is 6.10 Å². The summed E-state index contributed by atoms with van der Waals surface area (Å²) in [5.41, 5.74) is 10.8. The van der Waals surface area contributed by atoms with Gasteiger partial charge in [-0.25, -0.2) is 0 Å². The van der Waals surface area contributed by atoms with E-state index in [4.69, 9.17) is 15.1 Å². The van der Waals surface area contributed by atoms with Gasteiger partial charge in [0.2, 0.25) is 0 Å². The summed E-state index contributed by atoms with van der Waals surface area (Å²) >= 11 is 0. The van der Waals surface area contributed by atoms with Gasteiger partial charge in [-0.2, -0.15) is 8.42 Å². The average molecular weight is 453 g/mol. The molecule has 0 spiro atoms. The van der Waals surface area contributed by atoms with Crippen LogP contribution < -0.4 is 5.73 Å². The van der Waals surface area contributed by atoms with Crippen LogP contribution in [0.2, 0.25) is 0 Å². The lowest BCUT2D eigenvalue weighted by Gasteiger charge is -2.17. The van der Waals surface area contributed by atoms with Gasteiger partial charge in [-0.3, -0.25) is 4.55 Å². The average Bonchev–Trinajstić information content (AvgIpc) is 3.24. The molecular formula is C25H28N2O4S. The van der Waals surface area contributed by atoms with Crippen molar-refractivity contribution in [2.45, 2.75) is 43.2 Å². The Morgan fingerprint density at radius 2 is 1.53 bits per heavy atom. The lowest BCUT2D eigenvalue weighted by molar-refractivity contribution is 0.0659. The van der Waals surface area contributed by atoms with E-state index in [2.05, 4.69) is 29.4 Å². The van der Waals surface area contributed by atoms with Gasteiger partial charge in [-0.1, -0.05) is 83.5 Å². The molecule has 7 heteroatoms. The minimum atomic E-state index is -4.02. The number of nitrogens with two attached hydrogens (primary N) is 1. The maximum Gasteiger partial charge on any atom is 0.294 e. The Balaban J connectivity index is 0.000000222. The molecule has 4 rings (SSSR count). The third-order valence-electron chi connectivity index (χ3n) is 5.12. The highest BCUT2D eigenvalue weighted by Crippen LogP contribution is 2.18. The van der Waals surface area contributed by atoms with E-state index in [1.165, 1.54) is 23.3 Å². The van der Waals surface area contributed by atoms with E-state index >= 15 is 0 Å². The van der Waals surface area contributed by atoms with Gasteiger partial charge >= 0.3 is 0 Å². The molecule has 1 heterocycles. The van der Waals surface area contributed by atoms with Gasteiger partial charge in [0.05, 0.1) is 10.6 Å². The summed E-state index contributed by atoms with van der Waals surface area (Å²) < 4.78 is 29.6. The smallest absolute Gasteiger partial charge is 0.294 e. The molecule has 3 aromatic carbocycles. The molecule has 1 aliphatic rings. The Morgan fingerprint density at radius 1 is 0.969 bits per heavy atom. The van der Waals surface area contributed by atoms with E-state index in [9.17, 15) is 8.42 Å². The van der Waals surface area contributed by atoms with E-state index in [-0.39, 0.29) is 17.0 Å². The minimum absolute atomic E-state index is 0.0103. The lowest BCUT2D eigenvalue weighted by Crippen LogP contribution is -2.36. The van der Waals surface area contributed by atoms with Gasteiger partial charge in [-0.15, -0.1) is 0 Å². The van der Waals surface area contributed by atoms with Crippen molar-refractivity contribution in [3.63, 3.8) is 0 Å². The second-order valence-corrected chi connectivity index (χ2v) is 9.23. The van der Waals surface area contributed by atoms with Crippen molar-refractivity contribution in [1.29, 1.82) is 0 Å². The number of hydrogen-bond donors (Lipinski definition) is 2. The molecular weight excluding hydrogens is 424 g/mol. The summed E-state index contributed by atoms with van der Waals surface area (Å²) in [6, 6.07) is 26.6. The zero-order valence-corrected chi connectivity index (χ0v) is 18.8. The number of oxime groups is 1. The highest BCUT2D eigenvalue weighted by atomic mass is 32.2. The molecule has 6 nitrogen and oxygen atoms in total. The van der Waals surface area contributed by atoms with E-state index in [0.717, 1.165) is 30.5 Å². The maximum atomic E-state index is 10.5. The van der Waals surface area contributed by atoms with Crippen LogP contribution in [0.25, 0.3) is 0 Å². The van der Waals surface area contributed by atoms with Gasteiger partial charge in [0.25, 0.3) is 10.1 Å². The summed E-state index contributed by atoms with van der Waals surface area (Å²) in [5, 5.41) is 4.21. The van der Waals surface area contributed by atoms with Gasteiger partial charge in [-0.05, 0) is 36.6 Å². The fourth-order valence-corrected chi connectivity index (χ4v) is 3.82. The van der Waals surface area contributed by atoms with Crippen molar-refractivity contribution in [1.82, 2.24) is 0 Å². The van der Waals surface area contributed by atoms with Crippen LogP contribution in [-0.2, 0) is 27.8 Å². The fourth-order valence-electron chi connectivity index (χ4n) is 3.34. The summed E-state index contributed by atoms with van der Waals surface area (Å²) in [4.78, 5) is 5.47. The topological polar surface area (TPSA) is 102 Å².